The highest BCUT2D eigenvalue weighted by Gasteiger charge is 2.32. The Morgan fingerprint density at radius 3 is 1.15 bits per heavy atom. The third kappa shape index (κ3) is 14.1. The summed E-state index contributed by atoms with van der Waals surface area (Å²) in [4.78, 5) is 32.5. The Hall–Kier alpha value is -5.80. The largest absolute Gasteiger partial charge is 0.416 e. The first-order chi connectivity index (χ1) is 28.2. The predicted octanol–water partition coefficient (Wildman–Crippen LogP) is 14.8. The van der Waals surface area contributed by atoms with Crippen molar-refractivity contribution in [2.45, 2.75) is 74.9 Å². The topological polar surface area (TPSA) is 88.5 Å². The maximum Gasteiger partial charge on any atom is 0.416 e. The van der Waals surface area contributed by atoms with Gasteiger partial charge < -0.3 is 5.11 Å². The standard InChI is InChI=1S/C23H20ClF3.C22H18ClF3O.2CO2.2CH4/c1-4-16-12-18(23(25,26)27)7-9-20(16)21-13-17(6-10-22(21)24)19-8-5-14(2)11-15(19)3;1-13-3-6-18(14(2)9-13)15-4-8-21(23)20(11-15)19-7-5-17(22(24,25)26)10-16(19)12-27;2*2-1-3;;/h5-13H,4H2,1-3H3;3-11,27H,12H2,1-2H3;;;2*1H4. The Kier molecular flexibility index (Phi) is 21.0. The monoisotopic (exact) mass is 898 g/mol. The van der Waals surface area contributed by atoms with Crippen LogP contribution in [0.4, 0.5) is 26.3 Å². The summed E-state index contributed by atoms with van der Waals surface area (Å²) in [5.74, 6) is 0. The lowest BCUT2D eigenvalue weighted by atomic mass is 9.92. The first kappa shape index (κ1) is 54.2. The van der Waals surface area contributed by atoms with Gasteiger partial charge in [0.25, 0.3) is 0 Å². The Labute approximate surface area is 368 Å². The highest BCUT2D eigenvalue weighted by atomic mass is 35.5. The predicted molar refractivity (Wildman–Crippen MR) is 232 cm³/mol. The number of hydrogen-bond acceptors (Lipinski definition) is 5. The van der Waals surface area contributed by atoms with E-state index in [4.69, 9.17) is 42.4 Å². The Morgan fingerprint density at radius 2 is 0.823 bits per heavy atom. The van der Waals surface area contributed by atoms with Gasteiger partial charge in [-0.3, -0.25) is 0 Å². The Morgan fingerprint density at radius 1 is 0.484 bits per heavy atom. The molecule has 5 nitrogen and oxygen atoms in total. The van der Waals surface area contributed by atoms with Crippen molar-refractivity contribution in [1.82, 2.24) is 0 Å². The van der Waals surface area contributed by atoms with Gasteiger partial charge in [-0.15, -0.1) is 0 Å². The van der Waals surface area contributed by atoms with Crippen molar-refractivity contribution in [3.05, 3.63) is 164 Å². The number of alkyl halides is 6. The molecule has 0 spiro atoms. The number of benzene rings is 6. The average molecular weight is 900 g/mol. The number of aryl methyl sites for hydroxylation is 5. The van der Waals surface area contributed by atoms with E-state index in [-0.39, 0.29) is 32.7 Å². The molecule has 0 bridgehead atoms. The smallest absolute Gasteiger partial charge is 0.392 e. The Balaban J connectivity index is 0.000000535. The minimum Gasteiger partial charge on any atom is -0.392 e. The average Bonchev–Trinajstić information content (AvgIpc) is 3.18. The van der Waals surface area contributed by atoms with Gasteiger partial charge in [0.2, 0.25) is 0 Å². The van der Waals surface area contributed by atoms with Crippen molar-refractivity contribution in [3.8, 4) is 44.5 Å². The second-order valence-electron chi connectivity index (χ2n) is 13.4. The van der Waals surface area contributed by atoms with Crippen LogP contribution in [0.25, 0.3) is 44.5 Å². The van der Waals surface area contributed by atoms with Gasteiger partial charge in [0, 0.05) is 21.2 Å². The van der Waals surface area contributed by atoms with Gasteiger partial charge in [0.05, 0.1) is 17.7 Å². The van der Waals surface area contributed by atoms with Gasteiger partial charge >= 0.3 is 24.7 Å². The van der Waals surface area contributed by atoms with Crippen LogP contribution < -0.4 is 0 Å². The molecule has 62 heavy (non-hydrogen) atoms. The number of rotatable bonds is 6. The Bertz CT molecular complexity index is 2340. The number of halogens is 8. The molecule has 0 amide bonds. The quantitative estimate of drug-likeness (QED) is 0.168. The summed E-state index contributed by atoms with van der Waals surface area (Å²) in [5, 5.41) is 10.6. The maximum atomic E-state index is 13.1. The lowest BCUT2D eigenvalue weighted by Crippen LogP contribution is -2.06. The zero-order valence-electron chi connectivity index (χ0n) is 32.9. The SMILES string of the molecule is C.C.CCc1cc(C(F)(F)F)ccc1-c1cc(-c2ccc(C)cc2C)ccc1Cl.Cc1ccc(-c2ccc(Cl)c(-c3ccc(C(F)(F)F)cc3CO)c2)c(C)c1.O=C=O.O=C=O. The molecule has 0 atom stereocenters. The van der Waals surface area contributed by atoms with Gasteiger partial charge in [-0.25, -0.2) is 0 Å². The van der Waals surface area contributed by atoms with Crippen LogP contribution in [0.1, 0.15) is 66.3 Å². The lowest BCUT2D eigenvalue weighted by molar-refractivity contribution is -0.193. The van der Waals surface area contributed by atoms with Crippen molar-refractivity contribution < 1.29 is 50.6 Å². The first-order valence-corrected chi connectivity index (χ1v) is 18.7. The first-order valence-electron chi connectivity index (χ1n) is 18.0. The molecule has 1 N–H and O–H groups in total. The fraction of sp³-hybridized carbons (Fsp3) is 0.224. The summed E-state index contributed by atoms with van der Waals surface area (Å²) in [6.07, 6.45) is -7.83. The fourth-order valence-electron chi connectivity index (χ4n) is 6.56. The van der Waals surface area contributed by atoms with E-state index in [1.165, 1.54) is 23.8 Å². The second-order valence-corrected chi connectivity index (χ2v) is 14.3. The van der Waals surface area contributed by atoms with Crippen molar-refractivity contribution in [1.29, 1.82) is 0 Å². The minimum atomic E-state index is -4.47. The van der Waals surface area contributed by atoms with Crippen LogP contribution in [0, 0.1) is 27.7 Å². The van der Waals surface area contributed by atoms with E-state index in [0.717, 1.165) is 68.3 Å². The second kappa shape index (κ2) is 24.0. The normalized spacial score (nSPS) is 10.4. The molecule has 328 valence electrons. The highest BCUT2D eigenvalue weighted by molar-refractivity contribution is 6.34. The van der Waals surface area contributed by atoms with Crippen molar-refractivity contribution in [2.24, 2.45) is 0 Å². The van der Waals surface area contributed by atoms with E-state index in [9.17, 15) is 31.4 Å². The van der Waals surface area contributed by atoms with Crippen LogP contribution in [-0.2, 0) is 44.6 Å². The van der Waals surface area contributed by atoms with Crippen LogP contribution >= 0.6 is 23.2 Å². The number of hydrogen-bond donors (Lipinski definition) is 1. The van der Waals surface area contributed by atoms with Gasteiger partial charge in [-0.2, -0.15) is 45.5 Å². The third-order valence-electron chi connectivity index (χ3n) is 9.32. The minimum absolute atomic E-state index is 0. The van der Waals surface area contributed by atoms with E-state index >= 15 is 0 Å². The molecule has 6 aromatic carbocycles. The van der Waals surface area contributed by atoms with Crippen LogP contribution in [-0.4, -0.2) is 17.4 Å². The molecule has 6 aromatic rings. The zero-order valence-corrected chi connectivity index (χ0v) is 34.4. The summed E-state index contributed by atoms with van der Waals surface area (Å²) < 4.78 is 78.1. The van der Waals surface area contributed by atoms with Crippen molar-refractivity contribution in [2.75, 3.05) is 0 Å². The number of aliphatic hydroxyl groups excluding tert-OH is 1. The number of carbonyl (C=O) groups excluding carboxylic acids is 4. The van der Waals surface area contributed by atoms with Gasteiger partial charge in [-0.05, 0) is 138 Å². The molecule has 0 unspecified atom stereocenters. The lowest BCUT2D eigenvalue weighted by Gasteiger charge is -2.15. The molecule has 0 aliphatic heterocycles. The van der Waals surface area contributed by atoms with Crippen LogP contribution in [0.3, 0.4) is 0 Å². The highest BCUT2D eigenvalue weighted by Crippen LogP contribution is 2.40. The molecule has 0 saturated carbocycles. The van der Waals surface area contributed by atoms with E-state index < -0.39 is 30.1 Å². The van der Waals surface area contributed by atoms with Crippen LogP contribution in [0.2, 0.25) is 10.0 Å². The van der Waals surface area contributed by atoms with Gasteiger partial charge in [0.1, 0.15) is 0 Å². The van der Waals surface area contributed by atoms with Crippen molar-refractivity contribution in [3.63, 3.8) is 0 Å². The molecule has 0 heterocycles. The summed E-state index contributed by atoms with van der Waals surface area (Å²) >= 11 is 12.8. The van der Waals surface area contributed by atoms with Gasteiger partial charge in [0.15, 0.2) is 0 Å². The molecule has 13 heteroatoms. The van der Waals surface area contributed by atoms with Gasteiger partial charge in [-0.1, -0.05) is 117 Å². The molecule has 6 rings (SSSR count). The molecular weight excluding hydrogens is 853 g/mol. The van der Waals surface area contributed by atoms with E-state index in [0.29, 0.717) is 33.2 Å². The van der Waals surface area contributed by atoms with Crippen LogP contribution in [0.5, 0.6) is 0 Å². The molecule has 0 aromatic heterocycles. The van der Waals surface area contributed by atoms with Crippen LogP contribution in [0.15, 0.2) is 109 Å². The summed E-state index contributed by atoms with van der Waals surface area (Å²) in [6, 6.07) is 30.7. The fourth-order valence-corrected chi connectivity index (χ4v) is 7.00. The zero-order chi connectivity index (χ0) is 44.9. The molecule has 0 fully saturated rings. The third-order valence-corrected chi connectivity index (χ3v) is 9.97. The number of aliphatic hydroxyl groups is 1. The van der Waals surface area contributed by atoms with Crippen molar-refractivity contribution >= 4 is 35.5 Å². The van der Waals surface area contributed by atoms with E-state index in [2.05, 4.69) is 18.2 Å². The summed E-state index contributed by atoms with van der Waals surface area (Å²) in [5.41, 5.74) is 10.5. The maximum absolute atomic E-state index is 13.1. The van der Waals surface area contributed by atoms with E-state index in [1.54, 1.807) is 6.07 Å². The molecule has 0 radical (unpaired) electrons. The molecule has 0 saturated heterocycles. The van der Waals surface area contributed by atoms with E-state index in [1.807, 2.05) is 83.1 Å². The molecule has 0 aliphatic carbocycles. The summed E-state index contributed by atoms with van der Waals surface area (Å²) in [7, 11) is 0. The summed E-state index contributed by atoms with van der Waals surface area (Å²) in [6.45, 7) is 9.45. The molecular formula is C49H46Cl2F6O5. The molecule has 0 aliphatic rings.